The molecule has 1 heterocycles. The van der Waals surface area contributed by atoms with E-state index in [0.29, 0.717) is 17.2 Å². The number of pyridine rings is 1. The number of rotatable bonds is 6. The first-order chi connectivity index (χ1) is 12.7. The SMILES string of the molecule is O=C(NN=Cc1ccc(OCc2ccc(Cl)cc2)cc1)c1cccnc1. The molecule has 0 bridgehead atoms. The Morgan fingerprint density at radius 3 is 2.58 bits per heavy atom. The van der Waals surface area contributed by atoms with Crippen LogP contribution in [-0.4, -0.2) is 17.1 Å². The van der Waals surface area contributed by atoms with E-state index in [0.717, 1.165) is 16.9 Å². The maximum Gasteiger partial charge on any atom is 0.272 e. The lowest BCUT2D eigenvalue weighted by Crippen LogP contribution is -2.17. The second-order valence-electron chi connectivity index (χ2n) is 5.43. The number of hydrogen-bond donors (Lipinski definition) is 1. The summed E-state index contributed by atoms with van der Waals surface area (Å²) in [6.07, 6.45) is 4.66. The van der Waals surface area contributed by atoms with E-state index in [1.54, 1.807) is 24.5 Å². The number of halogens is 1. The van der Waals surface area contributed by atoms with E-state index in [1.807, 2.05) is 48.5 Å². The molecule has 1 N–H and O–H groups in total. The van der Waals surface area contributed by atoms with Gasteiger partial charge in [-0.1, -0.05) is 23.7 Å². The van der Waals surface area contributed by atoms with E-state index in [1.165, 1.54) is 6.20 Å². The molecule has 0 saturated heterocycles. The Hall–Kier alpha value is -3.18. The smallest absolute Gasteiger partial charge is 0.272 e. The fraction of sp³-hybridized carbons (Fsp3) is 0.0500. The summed E-state index contributed by atoms with van der Waals surface area (Å²) in [5.41, 5.74) is 4.80. The normalized spacial score (nSPS) is 10.7. The van der Waals surface area contributed by atoms with Crippen molar-refractivity contribution in [2.45, 2.75) is 6.61 Å². The molecule has 5 nitrogen and oxygen atoms in total. The third kappa shape index (κ3) is 5.16. The molecule has 1 aromatic heterocycles. The van der Waals surface area contributed by atoms with E-state index in [9.17, 15) is 4.79 Å². The molecule has 2 aromatic carbocycles. The van der Waals surface area contributed by atoms with Crippen LogP contribution in [0.4, 0.5) is 0 Å². The second kappa shape index (κ2) is 8.78. The van der Waals surface area contributed by atoms with E-state index < -0.39 is 0 Å². The summed E-state index contributed by atoms with van der Waals surface area (Å²) >= 11 is 5.86. The molecule has 0 unspecified atom stereocenters. The Kier molecular flexibility index (Phi) is 5.96. The molecule has 0 saturated carbocycles. The van der Waals surface area contributed by atoms with Crippen molar-refractivity contribution < 1.29 is 9.53 Å². The Balaban J connectivity index is 1.51. The van der Waals surface area contributed by atoms with Crippen LogP contribution in [0.15, 0.2) is 78.2 Å². The van der Waals surface area contributed by atoms with Crippen molar-refractivity contribution in [2.75, 3.05) is 0 Å². The van der Waals surface area contributed by atoms with Crippen molar-refractivity contribution in [1.29, 1.82) is 0 Å². The predicted octanol–water partition coefficient (Wildman–Crippen LogP) is 4.08. The van der Waals surface area contributed by atoms with Crippen LogP contribution in [0.2, 0.25) is 5.02 Å². The molecule has 6 heteroatoms. The average molecular weight is 366 g/mol. The summed E-state index contributed by atoms with van der Waals surface area (Å²) in [5.74, 6) is 0.439. The first-order valence-electron chi connectivity index (χ1n) is 7.91. The molecule has 130 valence electrons. The fourth-order valence-corrected chi connectivity index (χ4v) is 2.25. The lowest BCUT2D eigenvalue weighted by molar-refractivity contribution is 0.0955. The van der Waals surface area contributed by atoms with Gasteiger partial charge in [0.05, 0.1) is 11.8 Å². The maximum absolute atomic E-state index is 11.8. The van der Waals surface area contributed by atoms with Crippen LogP contribution in [0.5, 0.6) is 5.75 Å². The van der Waals surface area contributed by atoms with Crippen molar-refractivity contribution in [3.05, 3.63) is 94.8 Å². The van der Waals surface area contributed by atoms with E-state index >= 15 is 0 Å². The lowest BCUT2D eigenvalue weighted by Gasteiger charge is -2.06. The topological polar surface area (TPSA) is 63.6 Å². The number of nitrogens with zero attached hydrogens (tertiary/aromatic N) is 2. The molecule has 0 spiro atoms. The van der Waals surface area contributed by atoms with Crippen LogP contribution in [-0.2, 0) is 6.61 Å². The zero-order valence-electron chi connectivity index (χ0n) is 13.8. The number of carbonyl (C=O) groups excluding carboxylic acids is 1. The van der Waals surface area contributed by atoms with Crippen LogP contribution in [0.3, 0.4) is 0 Å². The number of carbonyl (C=O) groups is 1. The molecule has 0 fully saturated rings. The van der Waals surface area contributed by atoms with Crippen molar-refractivity contribution in [2.24, 2.45) is 5.10 Å². The van der Waals surface area contributed by atoms with Gasteiger partial charge in [0, 0.05) is 17.4 Å². The van der Waals surface area contributed by atoms with Gasteiger partial charge in [0.2, 0.25) is 0 Å². The predicted molar refractivity (Wildman–Crippen MR) is 102 cm³/mol. The van der Waals surface area contributed by atoms with Crippen LogP contribution in [0.25, 0.3) is 0 Å². The highest BCUT2D eigenvalue weighted by atomic mass is 35.5. The highest BCUT2D eigenvalue weighted by Gasteiger charge is 2.02. The number of hydrazone groups is 1. The van der Waals surface area contributed by atoms with Gasteiger partial charge in [0.25, 0.3) is 5.91 Å². The van der Waals surface area contributed by atoms with Crippen molar-refractivity contribution in [3.63, 3.8) is 0 Å². The molecule has 26 heavy (non-hydrogen) atoms. The molecular formula is C20H16ClN3O2. The fourth-order valence-electron chi connectivity index (χ4n) is 2.12. The maximum atomic E-state index is 11.8. The van der Waals surface area contributed by atoms with Gasteiger partial charge in [-0.2, -0.15) is 5.10 Å². The van der Waals surface area contributed by atoms with Crippen LogP contribution in [0.1, 0.15) is 21.5 Å². The number of ether oxygens (including phenoxy) is 1. The molecule has 0 aliphatic rings. The number of hydrogen-bond acceptors (Lipinski definition) is 4. The Bertz CT molecular complexity index is 879. The van der Waals surface area contributed by atoms with Gasteiger partial charge in [0.15, 0.2) is 0 Å². The number of benzene rings is 2. The third-order valence-electron chi connectivity index (χ3n) is 3.50. The summed E-state index contributed by atoms with van der Waals surface area (Å²) in [6.45, 7) is 0.464. The van der Waals surface area contributed by atoms with Gasteiger partial charge in [-0.25, -0.2) is 5.43 Å². The van der Waals surface area contributed by atoms with Crippen molar-refractivity contribution in [3.8, 4) is 5.75 Å². The summed E-state index contributed by atoms with van der Waals surface area (Å²) in [4.78, 5) is 15.7. The summed E-state index contributed by atoms with van der Waals surface area (Å²) in [5, 5.41) is 4.65. The summed E-state index contributed by atoms with van der Waals surface area (Å²) < 4.78 is 5.72. The average Bonchev–Trinajstić information content (AvgIpc) is 2.69. The van der Waals surface area contributed by atoms with Gasteiger partial charge in [0.1, 0.15) is 12.4 Å². The highest BCUT2D eigenvalue weighted by molar-refractivity contribution is 6.30. The van der Waals surface area contributed by atoms with Gasteiger partial charge < -0.3 is 4.74 Å². The van der Waals surface area contributed by atoms with Crippen LogP contribution in [0, 0.1) is 0 Å². The third-order valence-corrected chi connectivity index (χ3v) is 3.75. The van der Waals surface area contributed by atoms with Gasteiger partial charge in [-0.05, 0) is 59.7 Å². The van der Waals surface area contributed by atoms with Crippen LogP contribution >= 0.6 is 11.6 Å². The van der Waals surface area contributed by atoms with E-state index in [-0.39, 0.29) is 5.91 Å². The van der Waals surface area contributed by atoms with Crippen molar-refractivity contribution in [1.82, 2.24) is 10.4 Å². The quantitative estimate of drug-likeness (QED) is 0.529. The molecule has 1 amide bonds. The second-order valence-corrected chi connectivity index (χ2v) is 5.86. The molecular weight excluding hydrogens is 350 g/mol. The minimum atomic E-state index is -0.308. The highest BCUT2D eigenvalue weighted by Crippen LogP contribution is 2.15. The molecule has 0 aliphatic heterocycles. The zero-order chi connectivity index (χ0) is 18.2. The number of aromatic nitrogens is 1. The Morgan fingerprint density at radius 1 is 1.12 bits per heavy atom. The molecule has 0 radical (unpaired) electrons. The minimum absolute atomic E-state index is 0.308. The van der Waals surface area contributed by atoms with E-state index in [4.69, 9.17) is 16.3 Å². The molecule has 3 aromatic rings. The monoisotopic (exact) mass is 365 g/mol. The van der Waals surface area contributed by atoms with Crippen molar-refractivity contribution >= 4 is 23.7 Å². The summed E-state index contributed by atoms with van der Waals surface area (Å²) in [7, 11) is 0. The number of nitrogens with one attached hydrogen (secondary N) is 1. The standard InChI is InChI=1S/C20H16ClN3O2/c21-18-7-3-16(4-8-18)14-26-19-9-5-15(6-10-19)12-23-24-20(25)17-2-1-11-22-13-17/h1-13H,14H2,(H,24,25). The van der Waals surface area contributed by atoms with E-state index in [2.05, 4.69) is 15.5 Å². The van der Waals surface area contributed by atoms with Gasteiger partial charge in [-0.15, -0.1) is 0 Å². The van der Waals surface area contributed by atoms with Gasteiger partial charge in [-0.3, -0.25) is 9.78 Å². The number of amides is 1. The first-order valence-corrected chi connectivity index (χ1v) is 8.29. The molecule has 0 aliphatic carbocycles. The largest absolute Gasteiger partial charge is 0.489 e. The van der Waals surface area contributed by atoms with Crippen LogP contribution < -0.4 is 10.2 Å². The first kappa shape index (κ1) is 17.6. The molecule has 3 rings (SSSR count). The molecule has 0 atom stereocenters. The zero-order valence-corrected chi connectivity index (χ0v) is 14.6. The summed E-state index contributed by atoms with van der Waals surface area (Å²) in [6, 6.07) is 18.3. The van der Waals surface area contributed by atoms with Gasteiger partial charge >= 0.3 is 0 Å². The Morgan fingerprint density at radius 2 is 1.88 bits per heavy atom. The Labute approximate surface area is 156 Å². The lowest BCUT2D eigenvalue weighted by atomic mass is 10.2. The minimum Gasteiger partial charge on any atom is -0.489 e.